The summed E-state index contributed by atoms with van der Waals surface area (Å²) in [4.78, 5) is 16.4. The van der Waals surface area contributed by atoms with Gasteiger partial charge in [-0.25, -0.2) is 4.98 Å². The Morgan fingerprint density at radius 1 is 1.37 bits per heavy atom. The van der Waals surface area contributed by atoms with E-state index in [0.29, 0.717) is 33.4 Å². The van der Waals surface area contributed by atoms with Gasteiger partial charge in [0.1, 0.15) is 12.4 Å². The molecule has 27 heavy (non-hydrogen) atoms. The fourth-order valence-electron chi connectivity index (χ4n) is 2.21. The second kappa shape index (κ2) is 9.20. The lowest BCUT2D eigenvalue weighted by Gasteiger charge is -2.12. The molecule has 0 spiro atoms. The van der Waals surface area contributed by atoms with E-state index in [-0.39, 0.29) is 17.8 Å². The van der Waals surface area contributed by atoms with Crippen molar-refractivity contribution in [3.8, 4) is 5.75 Å². The normalized spacial score (nSPS) is 12.0. The zero-order valence-electron chi connectivity index (χ0n) is 14.8. The van der Waals surface area contributed by atoms with Gasteiger partial charge in [0.25, 0.3) is 0 Å². The van der Waals surface area contributed by atoms with E-state index in [1.165, 1.54) is 23.1 Å². The van der Waals surface area contributed by atoms with Crippen LogP contribution in [0.25, 0.3) is 0 Å². The number of hydrogen-bond donors (Lipinski definition) is 1. The molecule has 0 saturated heterocycles. The maximum absolute atomic E-state index is 12.3. The molecule has 142 valence electrons. The zero-order chi connectivity index (χ0) is 19.2. The molecule has 0 saturated carbocycles. The minimum Gasteiger partial charge on any atom is -0.486 e. The van der Waals surface area contributed by atoms with Crippen LogP contribution in [0, 0.1) is 0 Å². The van der Waals surface area contributed by atoms with Crippen LogP contribution in [-0.4, -0.2) is 30.9 Å². The first-order valence-corrected chi connectivity index (χ1v) is 10.4. The first-order valence-electron chi connectivity index (χ1n) is 8.24. The molecule has 0 radical (unpaired) electrons. The highest BCUT2D eigenvalue weighted by molar-refractivity contribution is 8.00. The number of thiazole rings is 1. The topological polar surface area (TPSA) is 81.9 Å². The number of benzene rings is 1. The molecule has 3 rings (SSSR count). The van der Waals surface area contributed by atoms with Crippen molar-refractivity contribution in [1.82, 2.24) is 19.7 Å². The first kappa shape index (κ1) is 19.7. The minimum absolute atomic E-state index is 0.125. The van der Waals surface area contributed by atoms with E-state index in [9.17, 15) is 4.79 Å². The molecule has 0 unspecified atom stereocenters. The number of nitrogens with zero attached hydrogens (tertiary/aromatic N) is 4. The Labute approximate surface area is 170 Å². The molecule has 0 aliphatic rings. The number of carbonyl (C=O) groups excluding carboxylic acids is 1. The SMILES string of the molecule is CCn1c(COc2ccc(Cl)cc2)nnc1S[C@@H](C)C(=O)Nc1nccs1. The maximum atomic E-state index is 12.3. The van der Waals surface area contributed by atoms with E-state index in [2.05, 4.69) is 20.5 Å². The van der Waals surface area contributed by atoms with Gasteiger partial charge < -0.3 is 14.6 Å². The molecule has 10 heteroatoms. The van der Waals surface area contributed by atoms with Crippen LogP contribution in [-0.2, 0) is 17.9 Å². The highest BCUT2D eigenvalue weighted by Gasteiger charge is 2.20. The quantitative estimate of drug-likeness (QED) is 0.549. The van der Waals surface area contributed by atoms with Crippen molar-refractivity contribution in [3.63, 3.8) is 0 Å². The molecule has 3 aromatic rings. The van der Waals surface area contributed by atoms with E-state index >= 15 is 0 Å². The predicted octanol–water partition coefficient (Wildman–Crippen LogP) is 4.11. The summed E-state index contributed by atoms with van der Waals surface area (Å²) in [5.74, 6) is 1.28. The molecule has 1 atom stereocenters. The standard InChI is InChI=1S/C17H18ClN5O2S2/c1-3-23-14(10-25-13-6-4-12(18)5-7-13)21-22-17(23)27-11(2)15(24)20-16-19-8-9-26-16/h4-9,11H,3,10H2,1-2H3,(H,19,20,24)/t11-/m0/s1. The smallest absolute Gasteiger partial charge is 0.239 e. The predicted molar refractivity (Wildman–Crippen MR) is 108 cm³/mol. The molecule has 0 aliphatic carbocycles. The second-order valence-electron chi connectivity index (χ2n) is 5.47. The summed E-state index contributed by atoms with van der Waals surface area (Å²) in [6.07, 6.45) is 1.65. The summed E-state index contributed by atoms with van der Waals surface area (Å²) in [7, 11) is 0. The number of anilines is 1. The van der Waals surface area contributed by atoms with E-state index in [4.69, 9.17) is 16.3 Å². The third-order valence-electron chi connectivity index (χ3n) is 3.61. The fraction of sp³-hybridized carbons (Fsp3) is 0.294. The molecule has 7 nitrogen and oxygen atoms in total. The lowest BCUT2D eigenvalue weighted by atomic mass is 10.3. The van der Waals surface area contributed by atoms with E-state index in [1.807, 2.05) is 23.8 Å². The number of carbonyl (C=O) groups is 1. The van der Waals surface area contributed by atoms with Crippen LogP contribution >= 0.6 is 34.7 Å². The summed E-state index contributed by atoms with van der Waals surface area (Å²) < 4.78 is 7.69. The molecule has 1 aromatic carbocycles. The largest absolute Gasteiger partial charge is 0.486 e. The molecular formula is C17H18ClN5O2S2. The summed E-state index contributed by atoms with van der Waals surface area (Å²) >= 11 is 8.61. The first-order chi connectivity index (χ1) is 13.1. The number of ether oxygens (including phenoxy) is 1. The Morgan fingerprint density at radius 2 is 2.15 bits per heavy atom. The van der Waals surface area contributed by atoms with Crippen molar-refractivity contribution >= 4 is 45.7 Å². The Balaban J connectivity index is 1.62. The number of rotatable bonds is 8. The van der Waals surface area contributed by atoms with Gasteiger partial charge in [0.15, 0.2) is 16.1 Å². The second-order valence-corrected chi connectivity index (χ2v) is 8.11. The molecule has 2 aromatic heterocycles. The van der Waals surface area contributed by atoms with Crippen molar-refractivity contribution in [3.05, 3.63) is 46.7 Å². The Hall–Kier alpha value is -2.10. The summed E-state index contributed by atoms with van der Waals surface area (Å²) in [5.41, 5.74) is 0. The van der Waals surface area contributed by atoms with Gasteiger partial charge in [0, 0.05) is 23.1 Å². The van der Waals surface area contributed by atoms with Crippen LogP contribution < -0.4 is 10.1 Å². The minimum atomic E-state index is -0.339. The number of hydrogen-bond acceptors (Lipinski definition) is 7. The van der Waals surface area contributed by atoms with Crippen molar-refractivity contribution in [2.24, 2.45) is 0 Å². The van der Waals surface area contributed by atoms with Crippen LogP contribution in [0.3, 0.4) is 0 Å². The van der Waals surface area contributed by atoms with Gasteiger partial charge in [-0.1, -0.05) is 23.4 Å². The third-order valence-corrected chi connectivity index (χ3v) is 5.63. The van der Waals surface area contributed by atoms with Gasteiger partial charge in [-0.05, 0) is 38.1 Å². The van der Waals surface area contributed by atoms with Crippen LogP contribution in [0.2, 0.25) is 5.02 Å². The average molecular weight is 424 g/mol. The zero-order valence-corrected chi connectivity index (χ0v) is 17.1. The van der Waals surface area contributed by atoms with Gasteiger partial charge in [0.05, 0.1) is 5.25 Å². The van der Waals surface area contributed by atoms with Crippen LogP contribution in [0.5, 0.6) is 5.75 Å². The molecule has 0 bridgehead atoms. The molecule has 1 amide bonds. The van der Waals surface area contributed by atoms with E-state index in [0.717, 1.165) is 0 Å². The van der Waals surface area contributed by atoms with Crippen LogP contribution in [0.1, 0.15) is 19.7 Å². The van der Waals surface area contributed by atoms with E-state index in [1.54, 1.807) is 30.5 Å². The number of thioether (sulfide) groups is 1. The lowest BCUT2D eigenvalue weighted by Crippen LogP contribution is -2.22. The monoisotopic (exact) mass is 423 g/mol. The average Bonchev–Trinajstić information content (AvgIpc) is 3.30. The van der Waals surface area contributed by atoms with Crippen LogP contribution in [0.4, 0.5) is 5.13 Å². The molecular weight excluding hydrogens is 406 g/mol. The van der Waals surface area contributed by atoms with E-state index < -0.39 is 0 Å². The third kappa shape index (κ3) is 5.21. The van der Waals surface area contributed by atoms with Gasteiger partial charge in [-0.15, -0.1) is 21.5 Å². The number of aromatic nitrogens is 4. The summed E-state index contributed by atoms with van der Waals surface area (Å²) in [6.45, 7) is 4.78. The molecule has 0 aliphatic heterocycles. The highest BCUT2D eigenvalue weighted by Crippen LogP contribution is 2.24. The highest BCUT2D eigenvalue weighted by atomic mass is 35.5. The molecule has 1 N–H and O–H groups in total. The number of nitrogens with one attached hydrogen (secondary N) is 1. The van der Waals surface area contributed by atoms with Crippen LogP contribution in [0.15, 0.2) is 41.0 Å². The van der Waals surface area contributed by atoms with Crippen molar-refractivity contribution in [1.29, 1.82) is 0 Å². The van der Waals surface area contributed by atoms with Gasteiger partial charge >= 0.3 is 0 Å². The summed E-state index contributed by atoms with van der Waals surface area (Å²) in [5, 5.41) is 14.6. The van der Waals surface area contributed by atoms with Gasteiger partial charge in [0.2, 0.25) is 5.91 Å². The number of amides is 1. The maximum Gasteiger partial charge on any atom is 0.239 e. The van der Waals surface area contributed by atoms with Crippen molar-refractivity contribution in [2.45, 2.75) is 37.4 Å². The van der Waals surface area contributed by atoms with Crippen molar-refractivity contribution in [2.75, 3.05) is 5.32 Å². The molecule has 0 fully saturated rings. The van der Waals surface area contributed by atoms with Gasteiger partial charge in [-0.2, -0.15) is 0 Å². The lowest BCUT2D eigenvalue weighted by molar-refractivity contribution is -0.115. The Bertz CT molecular complexity index is 883. The number of halogens is 1. The van der Waals surface area contributed by atoms with Crippen molar-refractivity contribution < 1.29 is 9.53 Å². The fourth-order valence-corrected chi connectivity index (χ4v) is 3.80. The van der Waals surface area contributed by atoms with Gasteiger partial charge in [-0.3, -0.25) is 4.79 Å². The molecule has 2 heterocycles. The summed E-state index contributed by atoms with van der Waals surface area (Å²) in [6, 6.07) is 7.14. The Kier molecular flexibility index (Phi) is 6.70. The Morgan fingerprint density at radius 3 is 2.81 bits per heavy atom.